The Labute approximate surface area is 144 Å². The van der Waals surface area contributed by atoms with Gasteiger partial charge in [0.05, 0.1) is 13.2 Å². The highest BCUT2D eigenvalue weighted by Crippen LogP contribution is 2.10. The normalized spacial score (nSPS) is 11.6. The number of nitrogens with one attached hydrogen (secondary N) is 1. The molecular formula is C17H28ClN3O2. The lowest BCUT2D eigenvalue weighted by Gasteiger charge is -2.22. The Morgan fingerprint density at radius 1 is 1.17 bits per heavy atom. The predicted octanol–water partition coefficient (Wildman–Crippen LogP) is 2.79. The Morgan fingerprint density at radius 3 is 2.57 bits per heavy atom. The molecule has 23 heavy (non-hydrogen) atoms. The van der Waals surface area contributed by atoms with E-state index in [1.165, 1.54) is 5.56 Å². The van der Waals surface area contributed by atoms with E-state index in [2.05, 4.69) is 15.2 Å². The Bertz CT molecular complexity index is 452. The average molecular weight is 342 g/mol. The number of hydrogen-bond donors (Lipinski definition) is 1. The number of aliphatic imine (C=N–C) groups is 1. The summed E-state index contributed by atoms with van der Waals surface area (Å²) in [6, 6.07) is 7.88. The van der Waals surface area contributed by atoms with Crippen molar-refractivity contribution >= 4 is 17.6 Å². The maximum Gasteiger partial charge on any atom is 0.193 e. The first-order chi connectivity index (χ1) is 11.2. The highest BCUT2D eigenvalue weighted by Gasteiger charge is 2.06. The zero-order chi connectivity index (χ0) is 16.9. The van der Waals surface area contributed by atoms with Gasteiger partial charge in [0, 0.05) is 45.9 Å². The van der Waals surface area contributed by atoms with Crippen molar-refractivity contribution in [2.45, 2.75) is 19.4 Å². The van der Waals surface area contributed by atoms with Gasteiger partial charge in [0.1, 0.15) is 0 Å². The molecular weight excluding hydrogens is 314 g/mol. The Morgan fingerprint density at radius 2 is 1.91 bits per heavy atom. The highest BCUT2D eigenvalue weighted by atomic mass is 35.5. The van der Waals surface area contributed by atoms with Crippen molar-refractivity contribution in [1.82, 2.24) is 10.2 Å². The minimum atomic E-state index is 0.653. The number of rotatable bonds is 10. The molecule has 0 radical (unpaired) electrons. The number of halogens is 1. The van der Waals surface area contributed by atoms with Crippen molar-refractivity contribution in [2.24, 2.45) is 4.99 Å². The van der Waals surface area contributed by atoms with Crippen LogP contribution in [0.25, 0.3) is 0 Å². The second kappa shape index (κ2) is 12.2. The van der Waals surface area contributed by atoms with Crippen LogP contribution >= 0.6 is 11.6 Å². The summed E-state index contributed by atoms with van der Waals surface area (Å²) >= 11 is 5.91. The highest BCUT2D eigenvalue weighted by molar-refractivity contribution is 6.30. The van der Waals surface area contributed by atoms with Gasteiger partial charge in [-0.25, -0.2) is 0 Å². The second-order valence-electron chi connectivity index (χ2n) is 5.27. The summed E-state index contributed by atoms with van der Waals surface area (Å²) in [5, 5.41) is 4.13. The van der Waals surface area contributed by atoms with E-state index in [1.54, 1.807) is 14.2 Å². The molecule has 0 aliphatic heterocycles. The van der Waals surface area contributed by atoms with Gasteiger partial charge in [0.15, 0.2) is 5.96 Å². The van der Waals surface area contributed by atoms with Gasteiger partial charge in [-0.3, -0.25) is 4.99 Å². The molecule has 0 saturated heterocycles. The summed E-state index contributed by atoms with van der Waals surface area (Å²) in [5.74, 6) is 0.889. The van der Waals surface area contributed by atoms with Crippen molar-refractivity contribution < 1.29 is 9.47 Å². The first kappa shape index (κ1) is 19.7. The molecule has 0 aliphatic carbocycles. The van der Waals surface area contributed by atoms with Gasteiger partial charge in [-0.2, -0.15) is 0 Å². The molecule has 130 valence electrons. The molecule has 0 atom stereocenters. The van der Waals surface area contributed by atoms with Crippen LogP contribution in [0.2, 0.25) is 5.02 Å². The molecule has 0 spiro atoms. The molecule has 0 saturated carbocycles. The molecule has 0 aromatic heterocycles. The summed E-state index contributed by atoms with van der Waals surface area (Å²) in [6.45, 7) is 3.75. The van der Waals surface area contributed by atoms with Crippen LogP contribution in [0.3, 0.4) is 0 Å². The number of methoxy groups -OCH3 is 1. The van der Waals surface area contributed by atoms with E-state index in [0.717, 1.165) is 43.5 Å². The van der Waals surface area contributed by atoms with E-state index < -0.39 is 0 Å². The molecule has 5 nitrogen and oxygen atoms in total. The fraction of sp³-hybridized carbons (Fsp3) is 0.588. The van der Waals surface area contributed by atoms with Crippen LogP contribution < -0.4 is 5.32 Å². The van der Waals surface area contributed by atoms with Crippen LogP contribution in [0.5, 0.6) is 0 Å². The monoisotopic (exact) mass is 341 g/mol. The zero-order valence-electron chi connectivity index (χ0n) is 14.3. The van der Waals surface area contributed by atoms with Gasteiger partial charge in [-0.1, -0.05) is 23.7 Å². The van der Waals surface area contributed by atoms with Crippen LogP contribution in [0.1, 0.15) is 18.4 Å². The molecule has 0 bridgehead atoms. The van der Waals surface area contributed by atoms with E-state index in [1.807, 2.05) is 31.3 Å². The molecule has 0 amide bonds. The summed E-state index contributed by atoms with van der Waals surface area (Å²) in [7, 11) is 5.51. The van der Waals surface area contributed by atoms with Crippen molar-refractivity contribution in [3.8, 4) is 0 Å². The smallest absolute Gasteiger partial charge is 0.193 e. The topological polar surface area (TPSA) is 46.1 Å². The molecule has 0 aliphatic rings. The SMILES string of the molecule is CN=C(NCCCCOCCOC)N(C)Cc1ccc(Cl)cc1. The summed E-state index contributed by atoms with van der Waals surface area (Å²) in [6.07, 6.45) is 2.06. The fourth-order valence-corrected chi connectivity index (χ4v) is 2.22. The van der Waals surface area contributed by atoms with Crippen LogP contribution in [-0.4, -0.2) is 58.4 Å². The summed E-state index contributed by atoms with van der Waals surface area (Å²) < 4.78 is 10.4. The molecule has 0 fully saturated rings. The zero-order valence-corrected chi connectivity index (χ0v) is 15.1. The molecule has 0 heterocycles. The van der Waals surface area contributed by atoms with Crippen LogP contribution in [0, 0.1) is 0 Å². The van der Waals surface area contributed by atoms with Crippen molar-refractivity contribution in [3.05, 3.63) is 34.9 Å². The maximum atomic E-state index is 5.91. The lowest BCUT2D eigenvalue weighted by molar-refractivity contribution is 0.0689. The van der Waals surface area contributed by atoms with Crippen LogP contribution in [0.15, 0.2) is 29.3 Å². The van der Waals surface area contributed by atoms with E-state index in [-0.39, 0.29) is 0 Å². The third kappa shape index (κ3) is 8.79. The lowest BCUT2D eigenvalue weighted by Crippen LogP contribution is -2.38. The molecule has 1 N–H and O–H groups in total. The number of unbranched alkanes of at least 4 members (excludes halogenated alkanes) is 1. The lowest BCUT2D eigenvalue weighted by atomic mass is 10.2. The van der Waals surface area contributed by atoms with E-state index in [4.69, 9.17) is 21.1 Å². The number of nitrogens with zero attached hydrogens (tertiary/aromatic N) is 2. The van der Waals surface area contributed by atoms with Gasteiger partial charge < -0.3 is 19.7 Å². The first-order valence-corrected chi connectivity index (χ1v) is 8.28. The van der Waals surface area contributed by atoms with Crippen LogP contribution in [-0.2, 0) is 16.0 Å². The molecule has 0 unspecified atom stereocenters. The Kier molecular flexibility index (Phi) is 10.4. The molecule has 1 aromatic carbocycles. The molecule has 6 heteroatoms. The minimum Gasteiger partial charge on any atom is -0.382 e. The number of benzene rings is 1. The van der Waals surface area contributed by atoms with Crippen LogP contribution in [0.4, 0.5) is 0 Å². The Hall–Kier alpha value is -1.30. The van der Waals surface area contributed by atoms with Gasteiger partial charge in [-0.15, -0.1) is 0 Å². The van der Waals surface area contributed by atoms with Crippen molar-refractivity contribution in [2.75, 3.05) is 47.6 Å². The second-order valence-corrected chi connectivity index (χ2v) is 5.71. The van der Waals surface area contributed by atoms with E-state index in [9.17, 15) is 0 Å². The first-order valence-electron chi connectivity index (χ1n) is 7.90. The number of ether oxygens (including phenoxy) is 2. The minimum absolute atomic E-state index is 0.653. The van der Waals surface area contributed by atoms with Gasteiger partial charge in [0.25, 0.3) is 0 Å². The largest absolute Gasteiger partial charge is 0.382 e. The Balaban J connectivity index is 2.21. The fourth-order valence-electron chi connectivity index (χ4n) is 2.10. The van der Waals surface area contributed by atoms with Crippen molar-refractivity contribution in [1.29, 1.82) is 0 Å². The predicted molar refractivity (Wildman–Crippen MR) is 96.2 cm³/mol. The molecule has 1 rings (SSSR count). The van der Waals surface area contributed by atoms with Gasteiger partial charge in [0.2, 0.25) is 0 Å². The molecule has 1 aromatic rings. The summed E-state index contributed by atoms with van der Waals surface area (Å²) in [5.41, 5.74) is 1.20. The van der Waals surface area contributed by atoms with E-state index >= 15 is 0 Å². The third-order valence-corrected chi connectivity index (χ3v) is 3.59. The quantitative estimate of drug-likeness (QED) is 0.404. The maximum absolute atomic E-state index is 5.91. The van der Waals surface area contributed by atoms with Gasteiger partial charge in [-0.05, 0) is 30.5 Å². The number of hydrogen-bond acceptors (Lipinski definition) is 3. The van der Waals surface area contributed by atoms with Gasteiger partial charge >= 0.3 is 0 Å². The van der Waals surface area contributed by atoms with E-state index in [0.29, 0.717) is 13.2 Å². The number of guanidine groups is 1. The summed E-state index contributed by atoms with van der Waals surface area (Å²) in [4.78, 5) is 6.41. The standard InChI is InChI=1S/C17H28ClN3O2/c1-19-17(20-10-4-5-11-23-13-12-22-3)21(2)14-15-6-8-16(18)9-7-15/h6-9H,4-5,10-14H2,1-3H3,(H,19,20). The average Bonchev–Trinajstić information content (AvgIpc) is 2.55. The van der Waals surface area contributed by atoms with Crippen molar-refractivity contribution in [3.63, 3.8) is 0 Å². The third-order valence-electron chi connectivity index (χ3n) is 3.34.